The highest BCUT2D eigenvalue weighted by atomic mass is 35.5. The van der Waals surface area contributed by atoms with Crippen molar-refractivity contribution < 1.29 is 4.74 Å². The normalized spacial score (nSPS) is 28.3. The third-order valence-electron chi connectivity index (χ3n) is 8.58. The molecular formula is C28H46ClN3O. The minimum absolute atomic E-state index is 0. The van der Waals surface area contributed by atoms with Crippen LogP contribution in [0.15, 0.2) is 18.2 Å². The predicted octanol–water partition coefficient (Wildman–Crippen LogP) is 5.94. The summed E-state index contributed by atoms with van der Waals surface area (Å²) in [7, 11) is 0. The summed E-state index contributed by atoms with van der Waals surface area (Å²) in [5, 5.41) is 0. The standard InChI is InChI=1S/C28H45N3O.ClH/c1-21(2)18-29-13-15-30(16-14-29)27-6-5-25(31-19-22(3)32-23(4)20-31)17-26(27)24-7-9-28(10-8-24)11-12-28;/h5-6,17,21-24H,7-16,18-20H2,1-4H3;1H/t22-,23+;. The van der Waals surface area contributed by atoms with E-state index in [0.29, 0.717) is 12.2 Å². The fourth-order valence-corrected chi connectivity index (χ4v) is 6.65. The van der Waals surface area contributed by atoms with E-state index in [1.165, 1.54) is 82.6 Å². The Morgan fingerprint density at radius 3 is 2.12 bits per heavy atom. The first kappa shape index (κ1) is 25.1. The molecule has 2 atom stereocenters. The minimum atomic E-state index is 0. The van der Waals surface area contributed by atoms with Crippen molar-refractivity contribution in [3.05, 3.63) is 23.8 Å². The molecule has 2 saturated carbocycles. The molecule has 2 saturated heterocycles. The average molecular weight is 476 g/mol. The lowest BCUT2D eigenvalue weighted by atomic mass is 9.76. The van der Waals surface area contributed by atoms with Gasteiger partial charge in [0.2, 0.25) is 0 Å². The summed E-state index contributed by atoms with van der Waals surface area (Å²) in [5.74, 6) is 1.49. The number of rotatable bonds is 5. The molecule has 0 unspecified atom stereocenters. The third-order valence-corrected chi connectivity index (χ3v) is 8.58. The molecule has 1 spiro atoms. The van der Waals surface area contributed by atoms with Crippen molar-refractivity contribution in [1.29, 1.82) is 0 Å². The number of hydrogen-bond acceptors (Lipinski definition) is 4. The largest absolute Gasteiger partial charge is 0.372 e. The Kier molecular flexibility index (Phi) is 7.87. The summed E-state index contributed by atoms with van der Waals surface area (Å²) in [6.07, 6.45) is 9.28. The molecule has 0 N–H and O–H groups in total. The van der Waals surface area contributed by atoms with E-state index in [0.717, 1.165) is 30.3 Å². The number of hydrogen-bond donors (Lipinski definition) is 0. The van der Waals surface area contributed by atoms with Gasteiger partial charge in [-0.05, 0) is 93.4 Å². The van der Waals surface area contributed by atoms with Crippen LogP contribution in [0.3, 0.4) is 0 Å². The molecule has 4 aliphatic rings. The summed E-state index contributed by atoms with van der Waals surface area (Å²) in [4.78, 5) is 7.92. The summed E-state index contributed by atoms with van der Waals surface area (Å²) >= 11 is 0. The van der Waals surface area contributed by atoms with Gasteiger partial charge in [-0.25, -0.2) is 0 Å². The highest BCUT2D eigenvalue weighted by Crippen LogP contribution is 2.59. The summed E-state index contributed by atoms with van der Waals surface area (Å²) in [6, 6.07) is 7.44. The quantitative estimate of drug-likeness (QED) is 0.524. The van der Waals surface area contributed by atoms with E-state index in [2.05, 4.69) is 60.6 Å². The van der Waals surface area contributed by atoms with Gasteiger partial charge in [0.1, 0.15) is 0 Å². The van der Waals surface area contributed by atoms with E-state index < -0.39 is 0 Å². The lowest BCUT2D eigenvalue weighted by Gasteiger charge is -2.41. The van der Waals surface area contributed by atoms with Gasteiger partial charge < -0.3 is 14.5 Å². The van der Waals surface area contributed by atoms with Gasteiger partial charge in [0, 0.05) is 57.2 Å². The van der Waals surface area contributed by atoms with Crippen LogP contribution in [0.4, 0.5) is 11.4 Å². The van der Waals surface area contributed by atoms with Gasteiger partial charge in [0.15, 0.2) is 0 Å². The molecule has 1 aromatic rings. The highest BCUT2D eigenvalue weighted by Gasteiger charge is 2.45. The number of benzene rings is 1. The average Bonchev–Trinajstić information content (AvgIpc) is 3.52. The van der Waals surface area contributed by atoms with Crippen molar-refractivity contribution in [2.45, 2.75) is 84.3 Å². The molecule has 2 aliphatic heterocycles. The molecule has 5 heteroatoms. The molecule has 33 heavy (non-hydrogen) atoms. The van der Waals surface area contributed by atoms with Crippen LogP contribution in [0, 0.1) is 11.3 Å². The second kappa shape index (κ2) is 10.3. The fourth-order valence-electron chi connectivity index (χ4n) is 6.65. The van der Waals surface area contributed by atoms with Crippen molar-refractivity contribution in [2.24, 2.45) is 11.3 Å². The van der Waals surface area contributed by atoms with E-state index in [4.69, 9.17) is 4.74 Å². The summed E-state index contributed by atoms with van der Waals surface area (Å²) in [6.45, 7) is 17.1. The van der Waals surface area contributed by atoms with Gasteiger partial charge in [-0.2, -0.15) is 0 Å². The fraction of sp³-hybridized carbons (Fsp3) is 0.786. The van der Waals surface area contributed by atoms with Crippen molar-refractivity contribution in [3.63, 3.8) is 0 Å². The summed E-state index contributed by atoms with van der Waals surface area (Å²) < 4.78 is 6.02. The van der Waals surface area contributed by atoms with Crippen LogP contribution in [-0.4, -0.2) is 62.9 Å². The second-order valence-electron chi connectivity index (χ2n) is 11.9. The maximum absolute atomic E-state index is 6.02. The molecule has 0 amide bonds. The van der Waals surface area contributed by atoms with E-state index in [1.807, 2.05) is 0 Å². The first-order valence-corrected chi connectivity index (χ1v) is 13.4. The van der Waals surface area contributed by atoms with E-state index >= 15 is 0 Å². The lowest BCUT2D eigenvalue weighted by Crippen LogP contribution is -2.48. The third kappa shape index (κ3) is 5.82. The van der Waals surface area contributed by atoms with E-state index in [-0.39, 0.29) is 12.4 Å². The molecule has 1 aromatic carbocycles. The maximum atomic E-state index is 6.02. The topological polar surface area (TPSA) is 19.0 Å². The number of ether oxygens (including phenoxy) is 1. The molecule has 2 aliphatic carbocycles. The van der Waals surface area contributed by atoms with Gasteiger partial charge >= 0.3 is 0 Å². The molecule has 0 aromatic heterocycles. The molecule has 0 radical (unpaired) electrons. The second-order valence-corrected chi connectivity index (χ2v) is 11.9. The Hall–Kier alpha value is -0.970. The predicted molar refractivity (Wildman–Crippen MR) is 142 cm³/mol. The number of morpholine rings is 1. The van der Waals surface area contributed by atoms with Crippen molar-refractivity contribution >= 4 is 23.8 Å². The minimum Gasteiger partial charge on any atom is -0.372 e. The maximum Gasteiger partial charge on any atom is 0.0726 e. The van der Waals surface area contributed by atoms with Crippen LogP contribution in [0.5, 0.6) is 0 Å². The van der Waals surface area contributed by atoms with Gasteiger partial charge in [-0.3, -0.25) is 4.90 Å². The van der Waals surface area contributed by atoms with Gasteiger partial charge in [0.05, 0.1) is 12.2 Å². The molecule has 5 rings (SSSR count). The SMILES string of the molecule is CC(C)CN1CCN(c2ccc(N3C[C@@H](C)O[C@@H](C)C3)cc2C2CCC3(CC2)CC3)CC1.Cl. The van der Waals surface area contributed by atoms with Gasteiger partial charge in [0.25, 0.3) is 0 Å². The molecule has 0 bridgehead atoms. The molecular weight excluding hydrogens is 430 g/mol. The van der Waals surface area contributed by atoms with Gasteiger partial charge in [-0.1, -0.05) is 13.8 Å². The van der Waals surface area contributed by atoms with E-state index in [1.54, 1.807) is 5.56 Å². The van der Waals surface area contributed by atoms with Crippen LogP contribution in [-0.2, 0) is 4.74 Å². The number of halogens is 1. The van der Waals surface area contributed by atoms with Crippen LogP contribution in [0.2, 0.25) is 0 Å². The zero-order chi connectivity index (χ0) is 22.3. The Balaban J connectivity index is 0.00000259. The summed E-state index contributed by atoms with van der Waals surface area (Å²) in [5.41, 5.74) is 5.34. The smallest absolute Gasteiger partial charge is 0.0726 e. The van der Waals surface area contributed by atoms with Gasteiger partial charge in [-0.15, -0.1) is 12.4 Å². The Morgan fingerprint density at radius 1 is 0.909 bits per heavy atom. The number of anilines is 2. The molecule has 2 heterocycles. The van der Waals surface area contributed by atoms with Crippen LogP contribution in [0.1, 0.15) is 77.7 Å². The Morgan fingerprint density at radius 2 is 1.55 bits per heavy atom. The zero-order valence-electron chi connectivity index (χ0n) is 21.4. The Labute approximate surface area is 208 Å². The van der Waals surface area contributed by atoms with Crippen molar-refractivity contribution in [2.75, 3.05) is 55.6 Å². The highest BCUT2D eigenvalue weighted by molar-refractivity contribution is 5.85. The molecule has 4 nitrogen and oxygen atoms in total. The van der Waals surface area contributed by atoms with Crippen LogP contribution >= 0.6 is 12.4 Å². The van der Waals surface area contributed by atoms with Crippen molar-refractivity contribution in [3.8, 4) is 0 Å². The molecule has 4 fully saturated rings. The number of nitrogens with zero attached hydrogens (tertiary/aromatic N) is 3. The zero-order valence-corrected chi connectivity index (χ0v) is 22.2. The van der Waals surface area contributed by atoms with Crippen molar-refractivity contribution in [1.82, 2.24) is 4.90 Å². The lowest BCUT2D eigenvalue weighted by molar-refractivity contribution is -0.00522. The van der Waals surface area contributed by atoms with Crippen LogP contribution < -0.4 is 9.80 Å². The first-order valence-electron chi connectivity index (χ1n) is 13.4. The van der Waals surface area contributed by atoms with Crippen LogP contribution in [0.25, 0.3) is 0 Å². The Bertz CT molecular complexity index is 767. The monoisotopic (exact) mass is 475 g/mol. The first-order chi connectivity index (χ1) is 15.4. The number of piperazine rings is 1. The van der Waals surface area contributed by atoms with E-state index in [9.17, 15) is 0 Å². The molecule has 186 valence electrons.